The predicted molar refractivity (Wildman–Crippen MR) is 107 cm³/mol. The molecular formula is C22H25N3O3. The van der Waals surface area contributed by atoms with Crippen molar-refractivity contribution in [1.82, 2.24) is 9.47 Å². The lowest BCUT2D eigenvalue weighted by atomic mass is 9.98. The highest BCUT2D eigenvalue weighted by molar-refractivity contribution is 5.96. The van der Waals surface area contributed by atoms with Gasteiger partial charge in [-0.1, -0.05) is 18.2 Å². The van der Waals surface area contributed by atoms with Crippen LogP contribution in [0, 0.1) is 17.2 Å². The van der Waals surface area contributed by atoms with Crippen LogP contribution in [0.4, 0.5) is 0 Å². The Morgan fingerprint density at radius 2 is 2.18 bits per heavy atom. The molecule has 1 amide bonds. The molecule has 3 rings (SSSR count). The molecule has 1 aliphatic rings. The smallest absolute Gasteiger partial charge is 0.310 e. The van der Waals surface area contributed by atoms with E-state index in [1.165, 1.54) is 0 Å². The first-order valence-electron chi connectivity index (χ1n) is 9.72. The largest absolute Gasteiger partial charge is 0.466 e. The molecule has 2 heterocycles. The van der Waals surface area contributed by atoms with Crippen LogP contribution < -0.4 is 0 Å². The lowest BCUT2D eigenvalue weighted by Crippen LogP contribution is -2.42. The Hall–Kier alpha value is -3.07. The molecule has 28 heavy (non-hydrogen) atoms. The first kappa shape index (κ1) is 19.7. The number of esters is 1. The number of para-hydroxylation sites is 1. The molecule has 1 unspecified atom stereocenters. The maximum absolute atomic E-state index is 12.6. The lowest BCUT2D eigenvalue weighted by molar-refractivity contribution is -0.150. The van der Waals surface area contributed by atoms with Crippen molar-refractivity contribution in [2.24, 2.45) is 5.92 Å². The van der Waals surface area contributed by atoms with Gasteiger partial charge in [0, 0.05) is 48.4 Å². The van der Waals surface area contributed by atoms with Crippen molar-refractivity contribution in [1.29, 1.82) is 5.26 Å². The van der Waals surface area contributed by atoms with Crippen molar-refractivity contribution in [3.63, 3.8) is 0 Å². The number of hydrogen-bond acceptors (Lipinski definition) is 4. The van der Waals surface area contributed by atoms with E-state index in [4.69, 9.17) is 10.00 Å². The number of benzene rings is 1. The average molecular weight is 379 g/mol. The van der Waals surface area contributed by atoms with Crippen LogP contribution in [0.15, 0.2) is 36.5 Å². The predicted octanol–water partition coefficient (Wildman–Crippen LogP) is 3.37. The second-order valence-corrected chi connectivity index (χ2v) is 6.91. The molecule has 1 aliphatic heterocycles. The Balaban J connectivity index is 1.73. The highest BCUT2D eigenvalue weighted by Crippen LogP contribution is 2.23. The first-order valence-corrected chi connectivity index (χ1v) is 9.72. The third kappa shape index (κ3) is 4.42. The van der Waals surface area contributed by atoms with Gasteiger partial charge in [0.05, 0.1) is 25.0 Å². The number of ether oxygens (including phenoxy) is 1. The van der Waals surface area contributed by atoms with Crippen LogP contribution in [0.25, 0.3) is 17.0 Å². The summed E-state index contributed by atoms with van der Waals surface area (Å²) < 4.78 is 7.14. The molecule has 1 aromatic heterocycles. The van der Waals surface area contributed by atoms with Crippen LogP contribution in [-0.4, -0.2) is 41.0 Å². The summed E-state index contributed by atoms with van der Waals surface area (Å²) in [6, 6.07) is 10.1. The molecule has 6 nitrogen and oxygen atoms in total. The maximum atomic E-state index is 12.6. The van der Waals surface area contributed by atoms with Gasteiger partial charge in [0.15, 0.2) is 0 Å². The minimum Gasteiger partial charge on any atom is -0.466 e. The third-order valence-corrected chi connectivity index (χ3v) is 5.04. The van der Waals surface area contributed by atoms with E-state index in [0.717, 1.165) is 29.3 Å². The van der Waals surface area contributed by atoms with Gasteiger partial charge in [0.1, 0.15) is 0 Å². The fraction of sp³-hybridized carbons (Fsp3) is 0.409. The van der Waals surface area contributed by atoms with Gasteiger partial charge < -0.3 is 14.2 Å². The number of amides is 1. The van der Waals surface area contributed by atoms with Crippen LogP contribution >= 0.6 is 0 Å². The van der Waals surface area contributed by atoms with E-state index in [2.05, 4.69) is 6.07 Å². The van der Waals surface area contributed by atoms with E-state index in [9.17, 15) is 9.59 Å². The molecule has 1 saturated heterocycles. The number of nitrogens with zero attached hydrogens (tertiary/aromatic N) is 3. The maximum Gasteiger partial charge on any atom is 0.310 e. The molecule has 0 bridgehead atoms. The summed E-state index contributed by atoms with van der Waals surface area (Å²) in [7, 11) is 0. The van der Waals surface area contributed by atoms with Crippen LogP contribution in [0.1, 0.15) is 31.7 Å². The summed E-state index contributed by atoms with van der Waals surface area (Å²) in [6.07, 6.45) is 7.37. The number of aryl methyl sites for hydroxylation is 1. The van der Waals surface area contributed by atoms with E-state index in [-0.39, 0.29) is 17.8 Å². The number of nitriles is 1. The summed E-state index contributed by atoms with van der Waals surface area (Å²) >= 11 is 0. The summed E-state index contributed by atoms with van der Waals surface area (Å²) in [5.74, 6) is -0.550. The zero-order valence-electron chi connectivity index (χ0n) is 16.1. The van der Waals surface area contributed by atoms with E-state index in [1.807, 2.05) is 41.1 Å². The van der Waals surface area contributed by atoms with Gasteiger partial charge in [0.2, 0.25) is 5.91 Å². The van der Waals surface area contributed by atoms with E-state index >= 15 is 0 Å². The average Bonchev–Trinajstić information content (AvgIpc) is 3.08. The molecule has 0 spiro atoms. The Morgan fingerprint density at radius 3 is 2.96 bits per heavy atom. The molecule has 146 valence electrons. The SMILES string of the molecule is CCOC(=O)C1CCCN(C(=O)/C=C/c2cn(CCC#N)c3ccccc23)C1. The van der Waals surface area contributed by atoms with E-state index in [0.29, 0.717) is 32.7 Å². The van der Waals surface area contributed by atoms with Crippen LogP contribution in [0.2, 0.25) is 0 Å². The topological polar surface area (TPSA) is 75.3 Å². The molecule has 1 atom stereocenters. The van der Waals surface area contributed by atoms with Crippen molar-refractivity contribution in [3.8, 4) is 6.07 Å². The number of fused-ring (bicyclic) bond motifs is 1. The third-order valence-electron chi connectivity index (χ3n) is 5.04. The van der Waals surface area contributed by atoms with Crippen molar-refractivity contribution < 1.29 is 14.3 Å². The Morgan fingerprint density at radius 1 is 1.36 bits per heavy atom. The zero-order valence-corrected chi connectivity index (χ0v) is 16.1. The highest BCUT2D eigenvalue weighted by Gasteiger charge is 2.28. The Kier molecular flexibility index (Phi) is 6.49. The van der Waals surface area contributed by atoms with E-state index in [1.54, 1.807) is 17.9 Å². The summed E-state index contributed by atoms with van der Waals surface area (Å²) in [4.78, 5) is 26.3. The highest BCUT2D eigenvalue weighted by atomic mass is 16.5. The van der Waals surface area contributed by atoms with E-state index < -0.39 is 0 Å². The van der Waals surface area contributed by atoms with Gasteiger partial charge in [-0.3, -0.25) is 9.59 Å². The minimum absolute atomic E-state index is 0.0946. The summed E-state index contributed by atoms with van der Waals surface area (Å²) in [6.45, 7) is 3.83. The number of piperidine rings is 1. The molecule has 1 fully saturated rings. The van der Waals surface area contributed by atoms with Gasteiger partial charge in [-0.2, -0.15) is 5.26 Å². The Bertz CT molecular complexity index is 923. The molecule has 2 aromatic rings. The molecule has 0 aliphatic carbocycles. The van der Waals surface area contributed by atoms with Gasteiger partial charge in [-0.05, 0) is 31.9 Å². The van der Waals surface area contributed by atoms with Crippen LogP contribution in [0.3, 0.4) is 0 Å². The molecule has 0 saturated carbocycles. The normalized spacial score (nSPS) is 17.0. The zero-order chi connectivity index (χ0) is 19.9. The summed E-state index contributed by atoms with van der Waals surface area (Å²) in [5, 5.41) is 9.91. The minimum atomic E-state index is -0.237. The van der Waals surface area contributed by atoms with Crippen LogP contribution in [0.5, 0.6) is 0 Å². The monoisotopic (exact) mass is 379 g/mol. The molecule has 6 heteroatoms. The second-order valence-electron chi connectivity index (χ2n) is 6.91. The molecule has 0 radical (unpaired) electrons. The molecule has 0 N–H and O–H groups in total. The first-order chi connectivity index (χ1) is 13.6. The standard InChI is InChI=1S/C22H25N3O3/c1-2-28-22(27)18-7-5-13-25(16-18)21(26)11-10-17-15-24(14-6-12-23)20-9-4-3-8-19(17)20/h3-4,8-11,15,18H,2,5-7,13-14,16H2,1H3/b11-10+. The summed E-state index contributed by atoms with van der Waals surface area (Å²) in [5.41, 5.74) is 1.99. The number of likely N-dealkylation sites (tertiary alicyclic amines) is 1. The fourth-order valence-electron chi connectivity index (χ4n) is 3.66. The van der Waals surface area contributed by atoms with Gasteiger partial charge in [-0.25, -0.2) is 0 Å². The number of rotatable bonds is 6. The van der Waals surface area contributed by atoms with Crippen LogP contribution in [-0.2, 0) is 20.9 Å². The number of carbonyl (C=O) groups excluding carboxylic acids is 2. The molecule has 1 aromatic carbocycles. The number of hydrogen-bond donors (Lipinski definition) is 0. The molecular weight excluding hydrogens is 354 g/mol. The van der Waals surface area contributed by atoms with Gasteiger partial charge >= 0.3 is 5.97 Å². The number of aromatic nitrogens is 1. The van der Waals surface area contributed by atoms with Crippen molar-refractivity contribution in [3.05, 3.63) is 42.1 Å². The van der Waals surface area contributed by atoms with Gasteiger partial charge in [-0.15, -0.1) is 0 Å². The fourth-order valence-corrected chi connectivity index (χ4v) is 3.66. The Labute approximate surface area is 165 Å². The van der Waals surface area contributed by atoms with Crippen molar-refractivity contribution in [2.75, 3.05) is 19.7 Å². The number of carbonyl (C=O) groups is 2. The quantitative estimate of drug-likeness (QED) is 0.570. The van der Waals surface area contributed by atoms with Crippen molar-refractivity contribution in [2.45, 2.75) is 32.7 Å². The van der Waals surface area contributed by atoms with Gasteiger partial charge in [0.25, 0.3) is 0 Å². The van der Waals surface area contributed by atoms with Crippen molar-refractivity contribution >= 4 is 28.9 Å². The lowest BCUT2D eigenvalue weighted by Gasteiger charge is -2.30. The second kappa shape index (κ2) is 9.23.